The number of esters is 5. The summed E-state index contributed by atoms with van der Waals surface area (Å²) in [5.41, 5.74) is 26.3. The largest absolute Gasteiger partial charge is 0.423 e. The van der Waals surface area contributed by atoms with Crippen molar-refractivity contribution in [1.82, 2.24) is 0 Å². The van der Waals surface area contributed by atoms with E-state index >= 15 is 0 Å². The second-order valence-electron chi connectivity index (χ2n) is 14.2. The van der Waals surface area contributed by atoms with E-state index in [-0.39, 0.29) is 12.2 Å². The summed E-state index contributed by atoms with van der Waals surface area (Å²) in [5.74, 6) is -5.10. The summed E-state index contributed by atoms with van der Waals surface area (Å²) in [6.45, 7) is 3.65. The Morgan fingerprint density at radius 2 is 1.40 bits per heavy atom. The normalized spacial score (nSPS) is 19.4. The van der Waals surface area contributed by atoms with E-state index in [4.69, 9.17) is 37.4 Å². The molecule has 15 nitrogen and oxygen atoms in total. The highest BCUT2D eigenvalue weighted by Crippen LogP contribution is 2.49. The van der Waals surface area contributed by atoms with Gasteiger partial charge in [0, 0.05) is 52.9 Å². The number of carbonyl (C=O) groups excluding carboxylic acids is 6. The molecular formula is C43H44N4O11. The van der Waals surface area contributed by atoms with Gasteiger partial charge in [-0.3, -0.25) is 24.0 Å². The molecule has 0 aromatic heterocycles. The third-order valence-electron chi connectivity index (χ3n) is 9.47. The van der Waals surface area contributed by atoms with Gasteiger partial charge in [-0.15, -0.1) is 0 Å². The van der Waals surface area contributed by atoms with E-state index in [0.717, 1.165) is 11.1 Å². The fourth-order valence-corrected chi connectivity index (χ4v) is 6.67. The number of Topliss-reactive ketones (excluding diaryl/α,β-unsaturated/α-hetero) is 1. The molecule has 302 valence electrons. The van der Waals surface area contributed by atoms with Crippen molar-refractivity contribution in [3.63, 3.8) is 0 Å². The van der Waals surface area contributed by atoms with Gasteiger partial charge in [0.25, 0.3) is 0 Å². The predicted octanol–water partition coefficient (Wildman–Crippen LogP) is 4.88. The number of hydrogen-bond acceptors (Lipinski definition) is 15. The molecule has 3 fully saturated rings. The fourth-order valence-electron chi connectivity index (χ4n) is 6.67. The molecule has 2 aliphatic heterocycles. The van der Waals surface area contributed by atoms with Gasteiger partial charge in [0.2, 0.25) is 0 Å². The van der Waals surface area contributed by atoms with Crippen molar-refractivity contribution in [2.45, 2.75) is 38.7 Å². The van der Waals surface area contributed by atoms with Crippen LogP contribution in [-0.4, -0.2) is 47.8 Å². The number of rotatable bonds is 10. The van der Waals surface area contributed by atoms with Crippen LogP contribution >= 0.6 is 0 Å². The number of ether oxygens (including phenoxy) is 3. The van der Waals surface area contributed by atoms with Crippen LogP contribution in [-0.2, 0) is 49.6 Å². The van der Waals surface area contributed by atoms with E-state index in [0.29, 0.717) is 53.5 Å². The van der Waals surface area contributed by atoms with Gasteiger partial charge in [0.1, 0.15) is 5.75 Å². The van der Waals surface area contributed by atoms with Gasteiger partial charge in [-0.05, 0) is 61.6 Å². The maximum atomic E-state index is 12.4. The number of fused-ring (bicyclic) bond motifs is 5. The average molecular weight is 793 g/mol. The molecule has 0 radical (unpaired) electrons. The molecule has 1 saturated carbocycles. The Morgan fingerprint density at radius 1 is 0.759 bits per heavy atom. The fraction of sp³-hybridized carbons (Fsp3) is 0.256. The smallest absolute Gasteiger partial charge is 0.336 e. The summed E-state index contributed by atoms with van der Waals surface area (Å²) in [4.78, 5) is 80.0. The first kappa shape index (κ1) is 42.3. The number of carbonyl (C=O) groups is 6. The number of cyclic esters (lactones) is 4. The van der Waals surface area contributed by atoms with E-state index in [1.807, 2.05) is 54.6 Å². The third kappa shape index (κ3) is 11.1. The number of nitrogen functional groups attached to an aromatic ring is 4. The van der Waals surface area contributed by atoms with Crippen LogP contribution in [0.15, 0.2) is 103 Å². The maximum absolute atomic E-state index is 12.4. The Morgan fingerprint density at radius 3 is 2.05 bits per heavy atom. The predicted molar refractivity (Wildman–Crippen MR) is 213 cm³/mol. The van der Waals surface area contributed by atoms with Crippen LogP contribution in [0, 0.1) is 23.7 Å². The van der Waals surface area contributed by atoms with Crippen molar-refractivity contribution < 1.29 is 52.8 Å². The minimum Gasteiger partial charge on any atom is -0.423 e. The molecule has 4 atom stereocenters. The Balaban J connectivity index is 0.000000168. The first-order chi connectivity index (χ1) is 27.6. The van der Waals surface area contributed by atoms with Crippen molar-refractivity contribution >= 4 is 64.5 Å². The van der Waals surface area contributed by atoms with Crippen molar-refractivity contribution in [2.24, 2.45) is 23.7 Å². The molecule has 2 bridgehead atoms. The minimum absolute atomic E-state index is 0.0138. The monoisotopic (exact) mass is 792 g/mol. The zero-order chi connectivity index (χ0) is 42.0. The first-order valence-electron chi connectivity index (χ1n) is 18.3. The molecule has 3 aliphatic rings. The van der Waals surface area contributed by atoms with Gasteiger partial charge < -0.3 is 37.1 Å². The SMILES string of the molecule is CC(C)(OOCCc1ccc(N)cc1N)C(=O)c1ccccc1.Nc1cc(N)cc(OC(=O)/C=C/c2ccccc2)c1.O=C1CC2C3CC(C(=O)OC3=O)C2C(=O)O1. The summed E-state index contributed by atoms with van der Waals surface area (Å²) in [5, 5.41) is 0. The minimum atomic E-state index is -1.06. The topological polar surface area (TPSA) is 253 Å². The van der Waals surface area contributed by atoms with Crippen LogP contribution in [0.4, 0.5) is 22.7 Å². The molecule has 2 heterocycles. The van der Waals surface area contributed by atoms with Gasteiger partial charge in [-0.2, -0.15) is 0 Å². The summed E-state index contributed by atoms with van der Waals surface area (Å²) >= 11 is 0. The van der Waals surface area contributed by atoms with Crippen molar-refractivity contribution in [3.8, 4) is 5.75 Å². The van der Waals surface area contributed by atoms with Crippen molar-refractivity contribution in [2.75, 3.05) is 29.5 Å². The number of benzene rings is 4. The molecule has 1 aliphatic carbocycles. The van der Waals surface area contributed by atoms with Crippen molar-refractivity contribution in [1.29, 1.82) is 0 Å². The van der Waals surface area contributed by atoms with Gasteiger partial charge in [-0.1, -0.05) is 66.7 Å². The summed E-state index contributed by atoms with van der Waals surface area (Å²) in [6, 6.07) is 28.5. The lowest BCUT2D eigenvalue weighted by atomic mass is 9.83. The number of hydrogen-bond donors (Lipinski definition) is 4. The molecule has 0 spiro atoms. The van der Waals surface area contributed by atoms with Crippen LogP contribution in [0.1, 0.15) is 48.2 Å². The van der Waals surface area contributed by atoms with Crippen LogP contribution in [0.2, 0.25) is 0 Å². The van der Waals surface area contributed by atoms with Gasteiger partial charge in [0.05, 0.1) is 30.8 Å². The van der Waals surface area contributed by atoms with Crippen LogP contribution in [0.25, 0.3) is 6.08 Å². The highest BCUT2D eigenvalue weighted by molar-refractivity contribution is 6.02. The lowest BCUT2D eigenvalue weighted by Gasteiger charge is -2.24. The Hall–Kier alpha value is -6.84. The van der Waals surface area contributed by atoms with Gasteiger partial charge >= 0.3 is 29.8 Å². The second kappa shape index (κ2) is 18.9. The molecule has 4 unspecified atom stereocenters. The summed E-state index contributed by atoms with van der Waals surface area (Å²) in [7, 11) is 0. The van der Waals surface area contributed by atoms with E-state index < -0.39 is 59.1 Å². The number of ketones is 1. The molecule has 4 aromatic carbocycles. The lowest BCUT2D eigenvalue weighted by molar-refractivity contribution is -0.336. The van der Waals surface area contributed by atoms with Crippen LogP contribution < -0.4 is 27.7 Å². The zero-order valence-corrected chi connectivity index (χ0v) is 31.8. The van der Waals surface area contributed by atoms with Crippen LogP contribution in [0.3, 0.4) is 0 Å². The average Bonchev–Trinajstić information content (AvgIpc) is 3.53. The molecule has 7 rings (SSSR count). The Labute approximate surface area is 334 Å². The number of anilines is 4. The van der Waals surface area contributed by atoms with Crippen LogP contribution in [0.5, 0.6) is 5.75 Å². The Kier molecular flexibility index (Phi) is 13.8. The first-order valence-corrected chi connectivity index (χ1v) is 18.3. The second-order valence-corrected chi connectivity index (χ2v) is 14.2. The van der Waals surface area contributed by atoms with E-state index in [2.05, 4.69) is 9.47 Å². The number of nitrogens with two attached hydrogens (primary N) is 4. The Bertz CT molecular complexity index is 2170. The quantitative estimate of drug-likeness (QED) is 0.0192. The summed E-state index contributed by atoms with van der Waals surface area (Å²) < 4.78 is 14.2. The molecule has 15 heteroatoms. The summed E-state index contributed by atoms with van der Waals surface area (Å²) in [6.07, 6.45) is 3.92. The van der Waals surface area contributed by atoms with Crippen molar-refractivity contribution in [3.05, 3.63) is 120 Å². The highest BCUT2D eigenvalue weighted by atomic mass is 17.2. The standard InChI is InChI=1S/C18H22N2O3.C15H14N2O2.C10H8O6/c1-18(2,17(21)14-6-4-3-5-7-14)23-22-11-10-13-8-9-15(19)12-16(13)20;16-12-8-13(17)10-14(9-12)19-15(18)7-6-11-4-2-1-3-5-11;11-6-2-3-4-1-5(7(3)10(14)15-6)9(13)16-8(4)12/h3-9,12H,10-11,19-20H2,1-2H3;1-10H,16-17H2;3-5,7H,1-2H2/b;7-6+;. The van der Waals surface area contributed by atoms with Gasteiger partial charge in [-0.25, -0.2) is 14.6 Å². The highest BCUT2D eigenvalue weighted by Gasteiger charge is 2.60. The molecule has 8 N–H and O–H groups in total. The zero-order valence-electron chi connectivity index (χ0n) is 31.8. The molecule has 0 amide bonds. The van der Waals surface area contributed by atoms with E-state index in [1.54, 1.807) is 62.4 Å². The molecule has 4 aromatic rings. The third-order valence-corrected chi connectivity index (χ3v) is 9.47. The molecule has 58 heavy (non-hydrogen) atoms. The lowest BCUT2D eigenvalue weighted by Crippen LogP contribution is -2.37. The maximum Gasteiger partial charge on any atom is 0.336 e. The van der Waals surface area contributed by atoms with E-state index in [9.17, 15) is 28.8 Å². The van der Waals surface area contributed by atoms with Gasteiger partial charge in [0.15, 0.2) is 11.4 Å². The molecule has 2 saturated heterocycles. The van der Waals surface area contributed by atoms with E-state index in [1.165, 1.54) is 6.08 Å². The molecular weight excluding hydrogens is 748 g/mol.